The minimum Gasteiger partial charge on any atom is -0.452 e. The topological polar surface area (TPSA) is 75.7 Å². The summed E-state index contributed by atoms with van der Waals surface area (Å²) < 4.78 is 5.25. The second-order valence-electron chi connectivity index (χ2n) is 8.05. The highest BCUT2D eigenvalue weighted by Crippen LogP contribution is 2.36. The zero-order chi connectivity index (χ0) is 21.8. The van der Waals surface area contributed by atoms with Crippen LogP contribution in [0.2, 0.25) is 0 Å². The van der Waals surface area contributed by atoms with Crippen molar-refractivity contribution < 1.29 is 19.1 Å². The zero-order valence-corrected chi connectivity index (χ0v) is 18.3. The standard InChI is InChI=1S/C24H26N2O4S/c1-16-23(28)25-20-14-19(7-8-21(20)31-16)24(29)30-15-22(27)26-11-9-18(10-12-26)13-17-5-3-2-4-6-17/h2-8,14,16,18H,9-13,15H2,1H3,(H,25,28). The number of carbonyl (C=O) groups is 3. The van der Waals surface area contributed by atoms with Crippen LogP contribution in [0, 0.1) is 5.92 Å². The van der Waals surface area contributed by atoms with Gasteiger partial charge in [0, 0.05) is 18.0 Å². The quantitative estimate of drug-likeness (QED) is 0.720. The number of carbonyl (C=O) groups excluding carboxylic acids is 3. The maximum atomic E-state index is 12.5. The smallest absolute Gasteiger partial charge is 0.338 e. The van der Waals surface area contributed by atoms with E-state index in [0.717, 1.165) is 24.2 Å². The summed E-state index contributed by atoms with van der Waals surface area (Å²) >= 11 is 1.45. The van der Waals surface area contributed by atoms with Gasteiger partial charge in [-0.1, -0.05) is 30.3 Å². The van der Waals surface area contributed by atoms with E-state index in [2.05, 4.69) is 29.6 Å². The van der Waals surface area contributed by atoms with Crippen molar-refractivity contribution in [3.8, 4) is 0 Å². The monoisotopic (exact) mass is 438 g/mol. The number of esters is 1. The fourth-order valence-electron chi connectivity index (χ4n) is 3.97. The van der Waals surface area contributed by atoms with Gasteiger partial charge in [0.15, 0.2) is 6.61 Å². The van der Waals surface area contributed by atoms with Crippen molar-refractivity contribution in [1.29, 1.82) is 0 Å². The largest absolute Gasteiger partial charge is 0.452 e. The molecule has 7 heteroatoms. The van der Waals surface area contributed by atoms with Gasteiger partial charge in [-0.05, 0) is 55.9 Å². The average Bonchev–Trinajstić information content (AvgIpc) is 2.79. The van der Waals surface area contributed by atoms with Crippen LogP contribution in [-0.4, -0.2) is 47.6 Å². The normalized spacial score (nSPS) is 18.8. The van der Waals surface area contributed by atoms with Gasteiger partial charge in [0.2, 0.25) is 5.91 Å². The average molecular weight is 439 g/mol. The van der Waals surface area contributed by atoms with E-state index in [1.807, 2.05) is 13.0 Å². The number of amides is 2. The van der Waals surface area contributed by atoms with Gasteiger partial charge < -0.3 is 15.0 Å². The molecule has 0 aromatic heterocycles. The second-order valence-corrected chi connectivity index (χ2v) is 9.43. The Hall–Kier alpha value is -2.80. The summed E-state index contributed by atoms with van der Waals surface area (Å²) in [5, 5.41) is 2.63. The molecule has 2 aromatic rings. The van der Waals surface area contributed by atoms with Crippen molar-refractivity contribution >= 4 is 35.2 Å². The van der Waals surface area contributed by atoms with E-state index in [1.54, 1.807) is 23.1 Å². The fourth-order valence-corrected chi connectivity index (χ4v) is 4.90. The summed E-state index contributed by atoms with van der Waals surface area (Å²) in [5.41, 5.74) is 2.26. The number of anilines is 1. The lowest BCUT2D eigenvalue weighted by Gasteiger charge is -2.32. The van der Waals surface area contributed by atoms with Crippen LogP contribution in [0.1, 0.15) is 35.7 Å². The maximum Gasteiger partial charge on any atom is 0.338 e. The molecule has 0 radical (unpaired) electrons. The van der Waals surface area contributed by atoms with Crippen molar-refractivity contribution in [3.05, 3.63) is 59.7 Å². The number of rotatable bonds is 5. The van der Waals surface area contributed by atoms with Crippen molar-refractivity contribution in [1.82, 2.24) is 4.90 Å². The first-order chi connectivity index (χ1) is 15.0. The van der Waals surface area contributed by atoms with Gasteiger partial charge in [-0.15, -0.1) is 11.8 Å². The molecule has 1 atom stereocenters. The molecule has 1 unspecified atom stereocenters. The lowest BCUT2D eigenvalue weighted by molar-refractivity contribution is -0.135. The van der Waals surface area contributed by atoms with Crippen LogP contribution < -0.4 is 5.32 Å². The van der Waals surface area contributed by atoms with Crippen LogP contribution in [0.25, 0.3) is 0 Å². The molecule has 4 rings (SSSR count). The Bertz CT molecular complexity index is 971. The molecule has 31 heavy (non-hydrogen) atoms. The third kappa shape index (κ3) is 5.28. The van der Waals surface area contributed by atoms with Crippen LogP contribution in [-0.2, 0) is 20.7 Å². The second kappa shape index (κ2) is 9.56. The molecule has 1 fully saturated rings. The minimum atomic E-state index is -0.562. The fraction of sp³-hybridized carbons (Fsp3) is 0.375. The first kappa shape index (κ1) is 21.4. The van der Waals surface area contributed by atoms with Crippen molar-refractivity contribution in [2.45, 2.75) is 36.3 Å². The molecule has 2 aromatic carbocycles. The Labute approximate surface area is 186 Å². The van der Waals surface area contributed by atoms with Crippen LogP contribution in [0.15, 0.2) is 53.4 Å². The molecule has 0 bridgehead atoms. The number of benzene rings is 2. The highest BCUT2D eigenvalue weighted by molar-refractivity contribution is 8.00. The number of nitrogens with one attached hydrogen (secondary N) is 1. The van der Waals surface area contributed by atoms with Crippen molar-refractivity contribution in [2.24, 2.45) is 5.92 Å². The highest BCUT2D eigenvalue weighted by Gasteiger charge is 2.26. The maximum absolute atomic E-state index is 12.5. The van der Waals surface area contributed by atoms with Crippen LogP contribution in [0.3, 0.4) is 0 Å². The number of fused-ring (bicyclic) bond motifs is 1. The van der Waals surface area contributed by atoms with Gasteiger partial charge in [0.1, 0.15) is 0 Å². The molecule has 1 saturated heterocycles. The predicted octanol–water partition coefficient (Wildman–Crippen LogP) is 3.76. The molecular weight excluding hydrogens is 412 g/mol. The molecule has 1 N–H and O–H groups in total. The predicted molar refractivity (Wildman–Crippen MR) is 120 cm³/mol. The summed E-state index contributed by atoms with van der Waals surface area (Å²) in [7, 11) is 0. The summed E-state index contributed by atoms with van der Waals surface area (Å²) in [4.78, 5) is 39.5. The first-order valence-corrected chi connectivity index (χ1v) is 11.5. The minimum absolute atomic E-state index is 0.0890. The number of hydrogen-bond acceptors (Lipinski definition) is 5. The zero-order valence-electron chi connectivity index (χ0n) is 17.5. The van der Waals surface area contributed by atoms with E-state index in [1.165, 1.54) is 17.3 Å². The number of nitrogens with zero attached hydrogens (tertiary/aromatic N) is 1. The highest BCUT2D eigenvalue weighted by atomic mass is 32.2. The Morgan fingerprint density at radius 1 is 1.13 bits per heavy atom. The number of likely N-dealkylation sites (tertiary alicyclic amines) is 1. The van der Waals surface area contributed by atoms with Crippen molar-refractivity contribution in [2.75, 3.05) is 25.0 Å². The summed E-state index contributed by atoms with van der Waals surface area (Å²) in [5.74, 6) is -0.246. The molecule has 0 saturated carbocycles. The molecule has 2 aliphatic heterocycles. The van der Waals surface area contributed by atoms with Crippen LogP contribution in [0.4, 0.5) is 5.69 Å². The van der Waals surface area contributed by atoms with Gasteiger partial charge in [0.25, 0.3) is 5.91 Å². The van der Waals surface area contributed by atoms with E-state index >= 15 is 0 Å². The Balaban J connectivity index is 1.25. The lowest BCUT2D eigenvalue weighted by Crippen LogP contribution is -2.41. The van der Waals surface area contributed by atoms with E-state index in [4.69, 9.17) is 4.74 Å². The summed E-state index contributed by atoms with van der Waals surface area (Å²) in [6.45, 7) is 2.95. The molecule has 0 spiro atoms. The summed E-state index contributed by atoms with van der Waals surface area (Å²) in [6, 6.07) is 15.5. The van der Waals surface area contributed by atoms with Gasteiger partial charge in [-0.3, -0.25) is 9.59 Å². The van der Waals surface area contributed by atoms with E-state index in [0.29, 0.717) is 30.3 Å². The third-order valence-corrected chi connectivity index (χ3v) is 6.98. The molecule has 2 amide bonds. The Kier molecular flexibility index (Phi) is 6.61. The number of piperidine rings is 1. The third-order valence-electron chi connectivity index (χ3n) is 5.81. The van der Waals surface area contributed by atoms with Gasteiger partial charge in [0.05, 0.1) is 16.5 Å². The molecule has 2 aliphatic rings. The van der Waals surface area contributed by atoms with E-state index < -0.39 is 5.97 Å². The van der Waals surface area contributed by atoms with E-state index in [-0.39, 0.29) is 23.7 Å². The number of thioether (sulfide) groups is 1. The van der Waals surface area contributed by atoms with Crippen LogP contribution >= 0.6 is 11.8 Å². The molecule has 162 valence electrons. The Morgan fingerprint density at radius 3 is 2.61 bits per heavy atom. The SMILES string of the molecule is CC1Sc2ccc(C(=O)OCC(=O)N3CCC(Cc4ccccc4)CC3)cc2NC1=O. The van der Waals surface area contributed by atoms with Crippen molar-refractivity contribution in [3.63, 3.8) is 0 Å². The summed E-state index contributed by atoms with van der Waals surface area (Å²) in [6.07, 6.45) is 2.94. The molecule has 6 nitrogen and oxygen atoms in total. The van der Waals surface area contributed by atoms with Gasteiger partial charge in [-0.25, -0.2) is 4.79 Å². The number of hydrogen-bond donors (Lipinski definition) is 1. The van der Waals surface area contributed by atoms with E-state index in [9.17, 15) is 14.4 Å². The molecule has 2 heterocycles. The van der Waals surface area contributed by atoms with Crippen LogP contribution in [0.5, 0.6) is 0 Å². The molecule has 0 aliphatic carbocycles. The lowest BCUT2D eigenvalue weighted by atomic mass is 9.90. The van der Waals surface area contributed by atoms with Gasteiger partial charge in [-0.2, -0.15) is 0 Å². The van der Waals surface area contributed by atoms with Gasteiger partial charge >= 0.3 is 5.97 Å². The molecular formula is C24H26N2O4S. The Morgan fingerprint density at radius 2 is 1.87 bits per heavy atom. The number of ether oxygens (including phenoxy) is 1. The first-order valence-electron chi connectivity index (χ1n) is 10.6.